The third kappa shape index (κ3) is 2.72. The lowest BCUT2D eigenvalue weighted by Crippen LogP contribution is -2.42. The molecule has 0 aromatic heterocycles. The van der Waals surface area contributed by atoms with Gasteiger partial charge in [-0.05, 0) is 36.6 Å². The molecule has 1 N–H and O–H groups in total. The van der Waals surface area contributed by atoms with Crippen molar-refractivity contribution in [3.05, 3.63) is 23.8 Å². The van der Waals surface area contributed by atoms with Gasteiger partial charge in [0.15, 0.2) is 0 Å². The molecule has 2 aliphatic rings. The number of likely N-dealkylation sites (N-methyl/N-ethyl adjacent to an activating group) is 1. The van der Waals surface area contributed by atoms with Gasteiger partial charge in [-0.2, -0.15) is 4.31 Å². The van der Waals surface area contributed by atoms with E-state index in [1.54, 1.807) is 13.1 Å². The molecule has 0 aliphatic carbocycles. The first-order valence-corrected chi connectivity index (χ1v) is 8.87. The summed E-state index contributed by atoms with van der Waals surface area (Å²) in [5.74, 6) is -1.70. The first-order valence-electron chi connectivity index (χ1n) is 7.43. The van der Waals surface area contributed by atoms with E-state index in [0.29, 0.717) is 24.9 Å². The second kappa shape index (κ2) is 5.61. The van der Waals surface area contributed by atoms with E-state index in [0.717, 1.165) is 5.69 Å². The number of nitrogens with zero attached hydrogens (tertiary/aromatic N) is 2. The molecule has 1 aromatic rings. The van der Waals surface area contributed by atoms with E-state index in [1.807, 2.05) is 0 Å². The summed E-state index contributed by atoms with van der Waals surface area (Å²) in [6, 6.07) is 4.63. The van der Waals surface area contributed by atoms with Crippen molar-refractivity contribution in [3.63, 3.8) is 0 Å². The molecular formula is C15H18N2O5S. The van der Waals surface area contributed by atoms with Crippen LogP contribution in [-0.4, -0.2) is 49.8 Å². The number of carbonyl (C=O) groups excluding carboxylic acids is 1. The van der Waals surface area contributed by atoms with Gasteiger partial charge in [0.05, 0.1) is 17.2 Å². The summed E-state index contributed by atoms with van der Waals surface area (Å²) in [6.07, 6.45) is 1.21. The normalized spacial score (nSPS) is 22.2. The second-order valence-corrected chi connectivity index (χ2v) is 7.90. The third-order valence-corrected chi connectivity index (χ3v) is 6.36. The molecule has 1 aromatic carbocycles. The molecule has 0 spiro atoms. The van der Waals surface area contributed by atoms with Gasteiger partial charge in [-0.1, -0.05) is 0 Å². The van der Waals surface area contributed by atoms with Crippen LogP contribution in [0, 0.1) is 5.92 Å². The highest BCUT2D eigenvalue weighted by Gasteiger charge is 2.34. The molecular weight excluding hydrogens is 320 g/mol. The van der Waals surface area contributed by atoms with E-state index < -0.39 is 21.9 Å². The monoisotopic (exact) mass is 338 g/mol. The second-order valence-electron chi connectivity index (χ2n) is 5.96. The van der Waals surface area contributed by atoms with Crippen LogP contribution in [0.2, 0.25) is 0 Å². The molecule has 2 heterocycles. The van der Waals surface area contributed by atoms with Crippen molar-refractivity contribution in [2.45, 2.75) is 24.2 Å². The van der Waals surface area contributed by atoms with Crippen molar-refractivity contribution >= 4 is 27.6 Å². The highest BCUT2D eigenvalue weighted by molar-refractivity contribution is 7.89. The van der Waals surface area contributed by atoms with E-state index in [-0.39, 0.29) is 23.8 Å². The van der Waals surface area contributed by atoms with Gasteiger partial charge in [0.25, 0.3) is 0 Å². The van der Waals surface area contributed by atoms with Crippen LogP contribution >= 0.6 is 0 Å². The van der Waals surface area contributed by atoms with Crippen molar-refractivity contribution in [1.82, 2.24) is 4.31 Å². The number of carbonyl (C=O) groups is 2. The molecule has 3 rings (SSSR count). The van der Waals surface area contributed by atoms with Crippen LogP contribution in [0.3, 0.4) is 0 Å². The smallest absolute Gasteiger partial charge is 0.307 e. The first-order chi connectivity index (χ1) is 10.8. The van der Waals surface area contributed by atoms with Crippen LogP contribution in [0.1, 0.15) is 18.4 Å². The van der Waals surface area contributed by atoms with E-state index >= 15 is 0 Å². The summed E-state index contributed by atoms with van der Waals surface area (Å²) in [7, 11) is -2.09. The summed E-state index contributed by atoms with van der Waals surface area (Å²) in [5, 5.41) is 9.11. The number of carboxylic acid groups (broad SMARTS) is 1. The molecule has 1 amide bonds. The van der Waals surface area contributed by atoms with Gasteiger partial charge in [0.2, 0.25) is 15.9 Å². The zero-order valence-electron chi connectivity index (χ0n) is 12.7. The highest BCUT2D eigenvalue weighted by Crippen LogP contribution is 2.31. The van der Waals surface area contributed by atoms with Gasteiger partial charge < -0.3 is 10.0 Å². The number of amides is 1. The van der Waals surface area contributed by atoms with Crippen LogP contribution in [0.4, 0.5) is 5.69 Å². The SMILES string of the molecule is CN1C(=O)Cc2cc(S(=O)(=O)N3CCCC(C(=O)O)C3)ccc21. The molecule has 8 heteroatoms. The minimum absolute atomic E-state index is 0.00636. The van der Waals surface area contributed by atoms with E-state index in [9.17, 15) is 18.0 Å². The molecule has 124 valence electrons. The van der Waals surface area contributed by atoms with E-state index in [1.165, 1.54) is 21.3 Å². The minimum atomic E-state index is -3.74. The number of hydrogen-bond acceptors (Lipinski definition) is 4. The Balaban J connectivity index is 1.90. The average molecular weight is 338 g/mol. The zero-order valence-corrected chi connectivity index (χ0v) is 13.5. The Bertz CT molecular complexity index is 774. The maximum atomic E-state index is 12.8. The molecule has 23 heavy (non-hydrogen) atoms. The summed E-state index contributed by atoms with van der Waals surface area (Å²) in [5.41, 5.74) is 1.40. The molecule has 2 aliphatic heterocycles. The molecule has 1 atom stereocenters. The van der Waals surface area contributed by atoms with Gasteiger partial charge in [-0.25, -0.2) is 8.42 Å². The predicted octanol–water partition coefficient (Wildman–Crippen LogP) is 0.691. The molecule has 0 radical (unpaired) electrons. The maximum absolute atomic E-state index is 12.8. The Labute approximate surface area is 134 Å². The molecule has 1 unspecified atom stereocenters. The van der Waals surface area contributed by atoms with E-state index in [2.05, 4.69) is 0 Å². The molecule has 7 nitrogen and oxygen atoms in total. The lowest BCUT2D eigenvalue weighted by Gasteiger charge is -2.30. The average Bonchev–Trinajstić information content (AvgIpc) is 2.81. The Morgan fingerprint density at radius 1 is 1.35 bits per heavy atom. The number of piperidine rings is 1. The number of hydrogen-bond donors (Lipinski definition) is 1. The summed E-state index contributed by atoms with van der Waals surface area (Å²) in [4.78, 5) is 24.5. The maximum Gasteiger partial charge on any atom is 0.307 e. The van der Waals surface area contributed by atoms with Crippen LogP contribution < -0.4 is 4.90 Å². The summed E-state index contributed by atoms with van der Waals surface area (Å²) >= 11 is 0. The Morgan fingerprint density at radius 3 is 2.78 bits per heavy atom. The van der Waals surface area contributed by atoms with Gasteiger partial charge >= 0.3 is 5.97 Å². The fraction of sp³-hybridized carbons (Fsp3) is 0.467. The topological polar surface area (TPSA) is 95.0 Å². The fourth-order valence-corrected chi connectivity index (χ4v) is 4.69. The quantitative estimate of drug-likeness (QED) is 0.875. The Morgan fingerprint density at radius 2 is 2.09 bits per heavy atom. The number of anilines is 1. The number of sulfonamides is 1. The Hall–Kier alpha value is -1.93. The fourth-order valence-electron chi connectivity index (χ4n) is 3.12. The molecule has 1 fully saturated rings. The van der Waals surface area contributed by atoms with Gasteiger partial charge in [0.1, 0.15) is 0 Å². The van der Waals surface area contributed by atoms with Gasteiger partial charge in [-0.3, -0.25) is 9.59 Å². The zero-order chi connectivity index (χ0) is 16.8. The predicted molar refractivity (Wildman–Crippen MR) is 82.7 cm³/mol. The van der Waals surface area contributed by atoms with Crippen molar-refractivity contribution in [2.24, 2.45) is 5.92 Å². The molecule has 0 saturated carbocycles. The van der Waals surface area contributed by atoms with Crippen LogP contribution in [0.5, 0.6) is 0 Å². The Kier molecular flexibility index (Phi) is 3.89. The van der Waals surface area contributed by atoms with Crippen molar-refractivity contribution in [2.75, 3.05) is 25.0 Å². The number of rotatable bonds is 3. The van der Waals surface area contributed by atoms with Crippen LogP contribution in [0.15, 0.2) is 23.1 Å². The summed E-state index contributed by atoms with van der Waals surface area (Å²) in [6.45, 7) is 0.315. The highest BCUT2D eigenvalue weighted by atomic mass is 32.2. The lowest BCUT2D eigenvalue weighted by molar-refractivity contribution is -0.142. The van der Waals surface area contributed by atoms with Gasteiger partial charge in [0, 0.05) is 25.8 Å². The van der Waals surface area contributed by atoms with Crippen molar-refractivity contribution in [3.8, 4) is 0 Å². The standard InChI is InChI=1S/C15H18N2O5S/c1-16-13-5-4-12(7-11(13)8-14(16)18)23(21,22)17-6-2-3-10(9-17)15(19)20/h4-5,7,10H,2-3,6,8-9H2,1H3,(H,19,20). The number of fused-ring (bicyclic) bond motifs is 1. The molecule has 0 bridgehead atoms. The third-order valence-electron chi connectivity index (χ3n) is 4.50. The first kappa shape index (κ1) is 15.9. The number of carboxylic acids is 1. The van der Waals surface area contributed by atoms with Crippen molar-refractivity contribution < 1.29 is 23.1 Å². The lowest BCUT2D eigenvalue weighted by atomic mass is 10.0. The number of benzene rings is 1. The number of aliphatic carboxylic acids is 1. The largest absolute Gasteiger partial charge is 0.481 e. The van der Waals surface area contributed by atoms with E-state index in [4.69, 9.17) is 5.11 Å². The van der Waals surface area contributed by atoms with Crippen molar-refractivity contribution in [1.29, 1.82) is 0 Å². The van der Waals surface area contributed by atoms with Crippen LogP contribution in [0.25, 0.3) is 0 Å². The summed E-state index contributed by atoms with van der Waals surface area (Å²) < 4.78 is 26.7. The molecule has 1 saturated heterocycles. The van der Waals surface area contributed by atoms with Crippen LogP contribution in [-0.2, 0) is 26.0 Å². The minimum Gasteiger partial charge on any atom is -0.481 e. The van der Waals surface area contributed by atoms with Gasteiger partial charge in [-0.15, -0.1) is 0 Å².